The maximum absolute atomic E-state index is 4.80. The quantitative estimate of drug-likeness (QED) is 0.728. The Hall–Kier alpha value is -2.29. The molecule has 20 heavy (non-hydrogen) atoms. The third-order valence-electron chi connectivity index (χ3n) is 4.11. The van der Waals surface area contributed by atoms with Crippen LogP contribution >= 0.6 is 0 Å². The number of imidazole rings is 1. The number of fused-ring (bicyclic) bond motifs is 2. The zero-order chi connectivity index (χ0) is 13.7. The lowest BCUT2D eigenvalue weighted by Crippen LogP contribution is -1.94. The molecule has 0 spiro atoms. The molecule has 1 aromatic heterocycles. The first-order valence-corrected chi connectivity index (χ1v) is 7.02. The van der Waals surface area contributed by atoms with E-state index in [0.29, 0.717) is 0 Å². The second-order valence-electron chi connectivity index (χ2n) is 5.54. The zero-order valence-corrected chi connectivity index (χ0v) is 11.8. The van der Waals surface area contributed by atoms with Crippen LogP contribution in [0.15, 0.2) is 36.4 Å². The van der Waals surface area contributed by atoms with Gasteiger partial charge in [0.05, 0.1) is 11.0 Å². The van der Waals surface area contributed by atoms with Crippen molar-refractivity contribution < 1.29 is 0 Å². The molecular weight excluding hydrogens is 246 g/mol. The van der Waals surface area contributed by atoms with Gasteiger partial charge in [0.15, 0.2) is 0 Å². The van der Waals surface area contributed by atoms with E-state index in [9.17, 15) is 0 Å². The summed E-state index contributed by atoms with van der Waals surface area (Å²) in [5.41, 5.74) is 7.33. The van der Waals surface area contributed by atoms with E-state index in [0.717, 1.165) is 24.3 Å². The number of aryl methyl sites for hydroxylation is 2. The lowest BCUT2D eigenvalue weighted by atomic mass is 10.1. The Bertz CT molecular complexity index is 814. The Labute approximate surface area is 118 Å². The molecule has 1 aliphatic rings. The van der Waals surface area contributed by atoms with Gasteiger partial charge in [-0.15, -0.1) is 0 Å². The molecule has 3 aromatic rings. The van der Waals surface area contributed by atoms with E-state index in [1.165, 1.54) is 27.9 Å². The number of aromatic nitrogens is 2. The average Bonchev–Trinajstić information content (AvgIpc) is 3.02. The molecule has 0 unspecified atom stereocenters. The predicted octanol–water partition coefficient (Wildman–Crippen LogP) is 3.52. The van der Waals surface area contributed by atoms with Crippen molar-refractivity contribution in [1.29, 1.82) is 0 Å². The van der Waals surface area contributed by atoms with Crippen molar-refractivity contribution in [2.75, 3.05) is 11.9 Å². The highest BCUT2D eigenvalue weighted by atomic mass is 15.1. The van der Waals surface area contributed by atoms with Crippen molar-refractivity contribution in [3.63, 3.8) is 0 Å². The van der Waals surface area contributed by atoms with Crippen LogP contribution in [0.1, 0.15) is 11.1 Å². The van der Waals surface area contributed by atoms with Crippen LogP contribution in [0.5, 0.6) is 0 Å². The lowest BCUT2D eigenvalue weighted by Gasteiger charge is -2.05. The summed E-state index contributed by atoms with van der Waals surface area (Å²) >= 11 is 0. The van der Waals surface area contributed by atoms with E-state index >= 15 is 0 Å². The molecule has 0 amide bonds. The van der Waals surface area contributed by atoms with Gasteiger partial charge >= 0.3 is 0 Å². The van der Waals surface area contributed by atoms with E-state index in [2.05, 4.69) is 60.3 Å². The maximum atomic E-state index is 4.80. The van der Waals surface area contributed by atoms with Gasteiger partial charge in [-0.05, 0) is 42.7 Å². The summed E-state index contributed by atoms with van der Waals surface area (Å²) in [4.78, 5) is 4.80. The van der Waals surface area contributed by atoms with Gasteiger partial charge in [-0.1, -0.05) is 18.2 Å². The molecule has 0 saturated carbocycles. The topological polar surface area (TPSA) is 29.9 Å². The van der Waals surface area contributed by atoms with Gasteiger partial charge in [0, 0.05) is 24.8 Å². The first-order valence-electron chi connectivity index (χ1n) is 7.02. The molecule has 0 saturated heterocycles. The molecule has 2 heterocycles. The van der Waals surface area contributed by atoms with Gasteiger partial charge in [0.1, 0.15) is 5.82 Å². The van der Waals surface area contributed by atoms with Crippen molar-refractivity contribution in [2.45, 2.75) is 13.3 Å². The van der Waals surface area contributed by atoms with Crippen LogP contribution in [0, 0.1) is 6.92 Å². The van der Waals surface area contributed by atoms with Crippen molar-refractivity contribution in [3.8, 4) is 11.4 Å². The largest absolute Gasteiger partial charge is 0.384 e. The van der Waals surface area contributed by atoms with Crippen molar-refractivity contribution in [1.82, 2.24) is 9.55 Å². The molecule has 1 N–H and O–H groups in total. The Morgan fingerprint density at radius 1 is 1.15 bits per heavy atom. The minimum Gasteiger partial charge on any atom is -0.384 e. The molecule has 0 radical (unpaired) electrons. The van der Waals surface area contributed by atoms with Crippen LogP contribution in [0.3, 0.4) is 0 Å². The summed E-state index contributed by atoms with van der Waals surface area (Å²) < 4.78 is 2.17. The van der Waals surface area contributed by atoms with Crippen molar-refractivity contribution in [3.05, 3.63) is 47.5 Å². The van der Waals surface area contributed by atoms with Crippen LogP contribution in [-0.4, -0.2) is 16.1 Å². The number of nitrogens with zero attached hydrogens (tertiary/aromatic N) is 2. The molecule has 100 valence electrons. The fourth-order valence-electron chi connectivity index (χ4n) is 3.00. The predicted molar refractivity (Wildman–Crippen MR) is 83.1 cm³/mol. The van der Waals surface area contributed by atoms with Gasteiger partial charge in [-0.3, -0.25) is 0 Å². The Morgan fingerprint density at radius 2 is 2.05 bits per heavy atom. The van der Waals surface area contributed by atoms with Gasteiger partial charge in [-0.25, -0.2) is 4.98 Å². The normalized spacial score (nSPS) is 13.5. The van der Waals surface area contributed by atoms with Crippen LogP contribution in [-0.2, 0) is 13.5 Å². The maximum Gasteiger partial charge on any atom is 0.140 e. The molecule has 2 aromatic carbocycles. The highest BCUT2D eigenvalue weighted by Gasteiger charge is 2.14. The summed E-state index contributed by atoms with van der Waals surface area (Å²) in [5.74, 6) is 1.03. The standard InChI is InChI=1S/C17H17N3/c1-11-3-6-16-15(9-11)19-17(20(16)2)13-5-4-12-7-8-18-14(12)10-13/h3-6,9-10,18H,7-8H2,1-2H3. The highest BCUT2D eigenvalue weighted by Crippen LogP contribution is 2.30. The molecule has 0 bridgehead atoms. The van der Waals surface area contributed by atoms with Crippen LogP contribution in [0.4, 0.5) is 5.69 Å². The molecule has 4 rings (SSSR count). The molecule has 0 atom stereocenters. The van der Waals surface area contributed by atoms with Gasteiger partial charge in [0.2, 0.25) is 0 Å². The van der Waals surface area contributed by atoms with Gasteiger partial charge < -0.3 is 9.88 Å². The van der Waals surface area contributed by atoms with Crippen molar-refractivity contribution in [2.24, 2.45) is 7.05 Å². The monoisotopic (exact) mass is 263 g/mol. The second-order valence-corrected chi connectivity index (χ2v) is 5.54. The molecule has 0 fully saturated rings. The van der Waals surface area contributed by atoms with Crippen LogP contribution in [0.25, 0.3) is 22.4 Å². The summed E-state index contributed by atoms with van der Waals surface area (Å²) in [6.45, 7) is 3.15. The minimum absolute atomic E-state index is 1.03. The van der Waals surface area contributed by atoms with Gasteiger partial charge in [-0.2, -0.15) is 0 Å². The number of benzene rings is 2. The van der Waals surface area contributed by atoms with E-state index in [1.807, 2.05) is 0 Å². The Morgan fingerprint density at radius 3 is 2.95 bits per heavy atom. The third-order valence-corrected chi connectivity index (χ3v) is 4.11. The highest BCUT2D eigenvalue weighted by molar-refractivity contribution is 5.82. The Balaban J connectivity index is 1.91. The van der Waals surface area contributed by atoms with E-state index in [4.69, 9.17) is 4.98 Å². The smallest absolute Gasteiger partial charge is 0.140 e. The first-order chi connectivity index (χ1) is 9.72. The summed E-state index contributed by atoms with van der Waals surface area (Å²) in [7, 11) is 2.08. The minimum atomic E-state index is 1.03. The van der Waals surface area contributed by atoms with Crippen LogP contribution < -0.4 is 5.32 Å². The third kappa shape index (κ3) is 1.63. The summed E-state index contributed by atoms with van der Waals surface area (Å²) in [6.07, 6.45) is 1.12. The average molecular weight is 263 g/mol. The molecule has 0 aliphatic carbocycles. The summed E-state index contributed by atoms with van der Waals surface area (Å²) in [5, 5.41) is 3.44. The number of anilines is 1. The fourth-order valence-corrected chi connectivity index (χ4v) is 3.00. The van der Waals surface area contributed by atoms with E-state index in [1.54, 1.807) is 0 Å². The number of hydrogen-bond donors (Lipinski definition) is 1. The van der Waals surface area contributed by atoms with Crippen molar-refractivity contribution >= 4 is 16.7 Å². The van der Waals surface area contributed by atoms with E-state index < -0.39 is 0 Å². The van der Waals surface area contributed by atoms with E-state index in [-0.39, 0.29) is 0 Å². The summed E-state index contributed by atoms with van der Waals surface area (Å²) in [6, 6.07) is 13.0. The fraction of sp³-hybridized carbons (Fsp3) is 0.235. The molecule has 3 nitrogen and oxygen atoms in total. The zero-order valence-electron chi connectivity index (χ0n) is 11.8. The molecule has 1 aliphatic heterocycles. The lowest BCUT2D eigenvalue weighted by molar-refractivity contribution is 0.959. The first kappa shape index (κ1) is 11.5. The number of hydrogen-bond acceptors (Lipinski definition) is 2. The second kappa shape index (κ2) is 4.10. The van der Waals surface area contributed by atoms with Gasteiger partial charge in [0.25, 0.3) is 0 Å². The molecule has 3 heteroatoms. The molecular formula is C17H17N3. The Kier molecular flexibility index (Phi) is 2.36. The number of nitrogens with one attached hydrogen (secondary N) is 1. The number of rotatable bonds is 1. The SMILES string of the molecule is Cc1ccc2c(c1)nc(-c1ccc3c(c1)NCC3)n2C. The van der Waals surface area contributed by atoms with Crippen LogP contribution in [0.2, 0.25) is 0 Å².